The Morgan fingerprint density at radius 1 is 0.810 bits per heavy atom. The van der Waals surface area contributed by atoms with E-state index in [-0.39, 0.29) is 39.1 Å². The molecule has 8 atom stereocenters. The molecular weight excluding hydrogens is 518 g/mol. The molecule has 0 radical (unpaired) electrons. The third-order valence-corrected chi connectivity index (χ3v) is 15.2. The van der Waals surface area contributed by atoms with Crippen LogP contribution in [0.15, 0.2) is 11.1 Å². The molecule has 5 aliphatic carbocycles. The second-order valence-corrected chi connectivity index (χ2v) is 17.9. The van der Waals surface area contributed by atoms with Gasteiger partial charge in [-0.1, -0.05) is 61.0 Å². The highest BCUT2D eigenvalue weighted by molar-refractivity contribution is 6.00. The van der Waals surface area contributed by atoms with Crippen molar-refractivity contribution >= 4 is 11.8 Å². The van der Waals surface area contributed by atoms with Crippen LogP contribution in [0, 0.1) is 50.7 Å². The maximum atomic E-state index is 13.4. The Morgan fingerprint density at radius 2 is 1.50 bits per heavy atom. The zero-order valence-electron chi connectivity index (χ0n) is 28.4. The van der Waals surface area contributed by atoms with Gasteiger partial charge in [-0.2, -0.15) is 0 Å². The summed E-state index contributed by atoms with van der Waals surface area (Å²) in [5, 5.41) is 6.82. The first-order valence-corrected chi connectivity index (χ1v) is 17.6. The summed E-state index contributed by atoms with van der Waals surface area (Å²) in [5.41, 5.74) is 3.77. The maximum absolute atomic E-state index is 13.4. The van der Waals surface area contributed by atoms with Gasteiger partial charge < -0.3 is 15.5 Å². The number of piperidine rings is 1. The molecule has 6 rings (SSSR count). The maximum Gasteiger partial charge on any atom is 0.315 e. The molecule has 1 unspecified atom stereocenters. The van der Waals surface area contributed by atoms with Crippen molar-refractivity contribution in [1.82, 2.24) is 15.5 Å². The molecule has 42 heavy (non-hydrogen) atoms. The molecule has 0 aromatic carbocycles. The van der Waals surface area contributed by atoms with Crippen LogP contribution < -0.4 is 10.6 Å². The van der Waals surface area contributed by atoms with E-state index in [0.29, 0.717) is 35.5 Å². The van der Waals surface area contributed by atoms with Crippen molar-refractivity contribution < 1.29 is 9.59 Å². The molecule has 5 heteroatoms. The lowest BCUT2D eigenvalue weighted by atomic mass is 9.33. The highest BCUT2D eigenvalue weighted by atomic mass is 16.2. The van der Waals surface area contributed by atoms with Gasteiger partial charge in [0.05, 0.1) is 0 Å². The van der Waals surface area contributed by atoms with Gasteiger partial charge in [0, 0.05) is 18.5 Å². The van der Waals surface area contributed by atoms with E-state index in [2.05, 4.69) is 78.0 Å². The van der Waals surface area contributed by atoms with E-state index >= 15 is 0 Å². The average molecular weight is 580 g/mol. The lowest BCUT2D eigenvalue weighted by Gasteiger charge is -2.72. The average Bonchev–Trinajstić information content (AvgIpc) is 3.18. The number of ketones is 1. The molecule has 5 fully saturated rings. The topological polar surface area (TPSA) is 61.4 Å². The van der Waals surface area contributed by atoms with Crippen molar-refractivity contribution in [3.63, 3.8) is 0 Å². The molecule has 1 heterocycles. The molecule has 0 bridgehead atoms. The van der Waals surface area contributed by atoms with Gasteiger partial charge in [0.15, 0.2) is 5.78 Å². The fraction of sp³-hybridized carbons (Fsp3) is 0.892. The monoisotopic (exact) mass is 579 g/mol. The van der Waals surface area contributed by atoms with Gasteiger partial charge in [-0.15, -0.1) is 0 Å². The Morgan fingerprint density at radius 3 is 2.17 bits per heavy atom. The predicted octanol–water partition coefficient (Wildman–Crippen LogP) is 7.75. The normalized spacial score (nSPS) is 45.6. The Hall–Kier alpha value is -1.36. The summed E-state index contributed by atoms with van der Waals surface area (Å²) in [6.07, 6.45) is 12.6. The number of likely N-dealkylation sites (tertiary alicyclic amines) is 1. The third-order valence-electron chi connectivity index (χ3n) is 15.2. The first kappa shape index (κ1) is 30.7. The quantitative estimate of drug-likeness (QED) is 0.359. The first-order valence-electron chi connectivity index (χ1n) is 17.6. The number of carbonyl (C=O) groups excluding carboxylic acids is 2. The largest absolute Gasteiger partial charge is 0.335 e. The fourth-order valence-corrected chi connectivity index (χ4v) is 12.7. The van der Waals surface area contributed by atoms with Gasteiger partial charge in [0.25, 0.3) is 0 Å². The first-order chi connectivity index (χ1) is 19.6. The number of hydrogen-bond donors (Lipinski definition) is 2. The molecular formula is C37H61N3O2. The van der Waals surface area contributed by atoms with Gasteiger partial charge in [0.1, 0.15) is 0 Å². The molecule has 2 N–H and O–H groups in total. The molecule has 6 aliphatic rings. The summed E-state index contributed by atoms with van der Waals surface area (Å²) >= 11 is 0. The van der Waals surface area contributed by atoms with Crippen molar-refractivity contribution in [2.45, 2.75) is 138 Å². The second-order valence-electron chi connectivity index (χ2n) is 17.9. The van der Waals surface area contributed by atoms with Gasteiger partial charge in [0.2, 0.25) is 0 Å². The summed E-state index contributed by atoms with van der Waals surface area (Å²) in [5.74, 6) is 2.63. The van der Waals surface area contributed by atoms with Crippen LogP contribution in [0.4, 0.5) is 4.79 Å². The predicted molar refractivity (Wildman–Crippen MR) is 171 cm³/mol. The second kappa shape index (κ2) is 10.1. The van der Waals surface area contributed by atoms with Crippen molar-refractivity contribution in [2.24, 2.45) is 50.7 Å². The number of rotatable bonds is 3. The molecule has 236 valence electrons. The number of nitrogens with zero attached hydrogens (tertiary/aromatic N) is 1. The molecule has 1 saturated heterocycles. The van der Waals surface area contributed by atoms with Crippen LogP contribution >= 0.6 is 0 Å². The summed E-state index contributed by atoms with van der Waals surface area (Å²) in [7, 11) is 2.17. The number of nitrogens with one attached hydrogen (secondary N) is 2. The molecule has 4 saturated carbocycles. The summed E-state index contributed by atoms with van der Waals surface area (Å²) in [4.78, 5) is 28.9. The zero-order chi connectivity index (χ0) is 30.5. The van der Waals surface area contributed by atoms with Crippen LogP contribution in [0.3, 0.4) is 0 Å². The van der Waals surface area contributed by atoms with Gasteiger partial charge >= 0.3 is 6.03 Å². The molecule has 5 nitrogen and oxygen atoms in total. The Bertz CT molecular complexity index is 1150. The number of fused-ring (bicyclic) bond motifs is 7. The van der Waals surface area contributed by atoms with Crippen molar-refractivity contribution in [2.75, 3.05) is 20.1 Å². The fourth-order valence-electron chi connectivity index (χ4n) is 12.7. The van der Waals surface area contributed by atoms with Crippen LogP contribution in [0.25, 0.3) is 0 Å². The Kier molecular flexibility index (Phi) is 7.35. The summed E-state index contributed by atoms with van der Waals surface area (Å²) < 4.78 is 0. The third kappa shape index (κ3) is 4.31. The molecule has 1 aliphatic heterocycles. The van der Waals surface area contributed by atoms with E-state index in [9.17, 15) is 9.59 Å². The minimum absolute atomic E-state index is 0.0468. The number of hydrogen-bond acceptors (Lipinski definition) is 3. The summed E-state index contributed by atoms with van der Waals surface area (Å²) in [6, 6.07) is 0.561. The number of carbonyl (C=O) groups is 2. The van der Waals surface area contributed by atoms with Gasteiger partial charge in [-0.25, -0.2) is 4.79 Å². The molecule has 0 aromatic rings. The van der Waals surface area contributed by atoms with E-state index < -0.39 is 0 Å². The SMILES string of the molecule is CC(C)C1=C2[C@H]3CC[C@@H]4[C@@]5(C)CCC(NC(=O)NC6CCN(C)CC6)C(C)(C)[C@@H]5CC[C@@]4(C)[C@]3(C)CC[C@@]2(C)CC1=O. The standard InChI is InChI=1S/C37H61N3O2/c1-23(2)30-26(41)22-34(5)18-19-36(7)25(31(30)34)10-11-28-35(6)16-13-29(33(3,4)27(35)12-17-37(28,36)8)39-32(42)38-24-14-20-40(9)21-15-24/h23-25,27-29H,10-22H2,1-9H3,(H2,38,39,42)/t25-,27+,28-,29?,34+,35+,36-,37-/m1/s1. The van der Waals surface area contributed by atoms with E-state index in [1.165, 1.54) is 50.5 Å². The number of urea groups is 1. The van der Waals surface area contributed by atoms with Crippen molar-refractivity contribution in [1.29, 1.82) is 0 Å². The van der Waals surface area contributed by atoms with E-state index in [4.69, 9.17) is 0 Å². The van der Waals surface area contributed by atoms with Crippen molar-refractivity contribution in [3.8, 4) is 0 Å². The number of Topliss-reactive ketones (excluding diaryl/α,β-unsaturated/α-hetero) is 1. The Labute approximate surface area is 256 Å². The van der Waals surface area contributed by atoms with Crippen LogP contribution in [-0.4, -0.2) is 48.9 Å². The molecule has 0 aromatic heterocycles. The minimum atomic E-state index is 0.0468. The van der Waals surface area contributed by atoms with Crippen molar-refractivity contribution in [3.05, 3.63) is 11.1 Å². The summed E-state index contributed by atoms with van der Waals surface area (Å²) in [6.45, 7) is 21.9. The Balaban J connectivity index is 1.24. The smallest absolute Gasteiger partial charge is 0.315 e. The lowest BCUT2D eigenvalue weighted by molar-refractivity contribution is -0.215. The number of amides is 2. The minimum Gasteiger partial charge on any atom is -0.335 e. The molecule has 2 amide bonds. The van der Waals surface area contributed by atoms with Gasteiger partial charge in [-0.05, 0) is 141 Å². The van der Waals surface area contributed by atoms with Crippen LogP contribution in [0.5, 0.6) is 0 Å². The highest BCUT2D eigenvalue weighted by Crippen LogP contribution is 2.76. The van der Waals surface area contributed by atoms with Crippen LogP contribution in [0.2, 0.25) is 0 Å². The lowest BCUT2D eigenvalue weighted by Crippen LogP contribution is -2.67. The van der Waals surface area contributed by atoms with Crippen LogP contribution in [-0.2, 0) is 4.79 Å². The highest BCUT2D eigenvalue weighted by Gasteiger charge is 2.69. The zero-order valence-corrected chi connectivity index (χ0v) is 28.4. The number of allylic oxidation sites excluding steroid dienone is 2. The van der Waals surface area contributed by atoms with E-state index in [0.717, 1.165) is 38.8 Å². The van der Waals surface area contributed by atoms with E-state index in [1.807, 2.05) is 0 Å². The van der Waals surface area contributed by atoms with Gasteiger partial charge in [-0.3, -0.25) is 4.79 Å². The molecule has 0 spiro atoms. The van der Waals surface area contributed by atoms with E-state index in [1.54, 1.807) is 5.57 Å². The van der Waals surface area contributed by atoms with Crippen LogP contribution in [0.1, 0.15) is 126 Å².